The summed E-state index contributed by atoms with van der Waals surface area (Å²) in [6.07, 6.45) is 1.32. The topological polar surface area (TPSA) is 90.9 Å². The molecule has 102 valence electrons. The Balaban J connectivity index is 3.88. The third kappa shape index (κ3) is 8.14. The number of carbonyl (C=O) groups excluding carboxylic acids is 3. The van der Waals surface area contributed by atoms with Gasteiger partial charge in [-0.05, 0) is 13.8 Å². The molecule has 0 unspecified atom stereocenters. The van der Waals surface area contributed by atoms with E-state index in [1.165, 1.54) is 7.11 Å². The van der Waals surface area contributed by atoms with E-state index < -0.39 is 18.0 Å². The minimum atomic E-state index is -0.696. The van der Waals surface area contributed by atoms with Gasteiger partial charge in [-0.25, -0.2) is 14.4 Å². The summed E-state index contributed by atoms with van der Waals surface area (Å²) < 4.78 is 13.7. The normalized spacial score (nSPS) is 11.7. The number of rotatable bonds is 6. The molecule has 1 N–H and O–H groups in total. The molecule has 0 aliphatic heterocycles. The van der Waals surface area contributed by atoms with Crippen LogP contribution in [0.15, 0.2) is 12.2 Å². The molecule has 0 rings (SSSR count). The standard InChI is InChI=1S/C11H17NO6/c1-4-17-11(15)12-8(2)7-18-10(14)6-5-9(13)16-3/h5-6,8H,4,7H2,1-3H3,(H,12,15)/b6-5+/t8-/m0/s1. The smallest absolute Gasteiger partial charge is 0.407 e. The number of hydrogen-bond acceptors (Lipinski definition) is 6. The average molecular weight is 259 g/mol. The van der Waals surface area contributed by atoms with Crippen molar-refractivity contribution in [3.63, 3.8) is 0 Å². The van der Waals surface area contributed by atoms with Crippen LogP contribution in [0, 0.1) is 0 Å². The highest BCUT2D eigenvalue weighted by atomic mass is 16.6. The summed E-state index contributed by atoms with van der Waals surface area (Å²) >= 11 is 0. The molecule has 7 nitrogen and oxygen atoms in total. The molecule has 0 bridgehead atoms. The second kappa shape index (κ2) is 9.03. The van der Waals surface area contributed by atoms with Crippen molar-refractivity contribution in [2.45, 2.75) is 19.9 Å². The van der Waals surface area contributed by atoms with E-state index in [0.29, 0.717) is 0 Å². The second-order valence-corrected chi connectivity index (χ2v) is 3.25. The van der Waals surface area contributed by atoms with Crippen LogP contribution in [0.25, 0.3) is 0 Å². The highest BCUT2D eigenvalue weighted by Crippen LogP contribution is 1.90. The van der Waals surface area contributed by atoms with Gasteiger partial charge in [0, 0.05) is 12.2 Å². The van der Waals surface area contributed by atoms with Gasteiger partial charge in [-0.1, -0.05) is 0 Å². The van der Waals surface area contributed by atoms with Crippen LogP contribution in [0.1, 0.15) is 13.8 Å². The zero-order valence-electron chi connectivity index (χ0n) is 10.6. The van der Waals surface area contributed by atoms with Gasteiger partial charge in [0.1, 0.15) is 6.61 Å². The third-order valence-corrected chi connectivity index (χ3v) is 1.67. The summed E-state index contributed by atoms with van der Waals surface area (Å²) in [6.45, 7) is 3.57. The van der Waals surface area contributed by atoms with Crippen LogP contribution in [0.3, 0.4) is 0 Å². The molecule has 18 heavy (non-hydrogen) atoms. The number of esters is 2. The van der Waals surface area contributed by atoms with Crippen molar-refractivity contribution in [1.82, 2.24) is 5.32 Å². The van der Waals surface area contributed by atoms with Gasteiger partial charge in [-0.2, -0.15) is 0 Å². The predicted octanol–water partition coefficient (Wildman–Crippen LogP) is 0.393. The summed E-state index contributed by atoms with van der Waals surface area (Å²) in [5.74, 6) is -1.34. The molecule has 0 radical (unpaired) electrons. The molecular formula is C11H17NO6. The fourth-order valence-electron chi connectivity index (χ4n) is 0.875. The van der Waals surface area contributed by atoms with Crippen LogP contribution < -0.4 is 5.32 Å². The Morgan fingerprint density at radius 1 is 1.17 bits per heavy atom. The molecule has 0 aromatic heterocycles. The van der Waals surface area contributed by atoms with E-state index in [0.717, 1.165) is 12.2 Å². The maximum absolute atomic E-state index is 11.1. The van der Waals surface area contributed by atoms with Gasteiger partial charge in [0.05, 0.1) is 19.8 Å². The average Bonchev–Trinajstić information content (AvgIpc) is 2.33. The molecule has 0 fully saturated rings. The monoisotopic (exact) mass is 259 g/mol. The van der Waals surface area contributed by atoms with Crippen molar-refractivity contribution in [3.05, 3.63) is 12.2 Å². The van der Waals surface area contributed by atoms with Gasteiger partial charge in [0.25, 0.3) is 0 Å². The lowest BCUT2D eigenvalue weighted by Gasteiger charge is -2.12. The van der Waals surface area contributed by atoms with Crippen LogP contribution in [-0.4, -0.2) is 44.4 Å². The number of amides is 1. The molecule has 1 atom stereocenters. The summed E-state index contributed by atoms with van der Waals surface area (Å²) in [5.41, 5.74) is 0. The first-order valence-corrected chi connectivity index (χ1v) is 5.35. The van der Waals surface area contributed by atoms with Gasteiger partial charge in [-0.15, -0.1) is 0 Å². The lowest BCUT2D eigenvalue weighted by atomic mass is 10.4. The Kier molecular flexibility index (Phi) is 8.00. The largest absolute Gasteiger partial charge is 0.466 e. The molecule has 0 aromatic carbocycles. The maximum Gasteiger partial charge on any atom is 0.407 e. The number of hydrogen-bond donors (Lipinski definition) is 1. The number of ether oxygens (including phenoxy) is 3. The van der Waals surface area contributed by atoms with Gasteiger partial charge >= 0.3 is 18.0 Å². The highest BCUT2D eigenvalue weighted by Gasteiger charge is 2.09. The molecule has 0 saturated heterocycles. The minimum Gasteiger partial charge on any atom is -0.466 e. The van der Waals surface area contributed by atoms with Crippen molar-refractivity contribution >= 4 is 18.0 Å². The number of methoxy groups -OCH3 is 1. The molecule has 0 aromatic rings. The summed E-state index contributed by atoms with van der Waals surface area (Å²) in [6, 6.07) is -0.389. The van der Waals surface area contributed by atoms with Gasteiger partial charge in [0.15, 0.2) is 0 Å². The van der Waals surface area contributed by atoms with Gasteiger partial charge in [0.2, 0.25) is 0 Å². The van der Waals surface area contributed by atoms with Crippen molar-refractivity contribution in [2.75, 3.05) is 20.3 Å². The van der Waals surface area contributed by atoms with Crippen LogP contribution in [0.4, 0.5) is 4.79 Å². The van der Waals surface area contributed by atoms with E-state index in [4.69, 9.17) is 4.74 Å². The lowest BCUT2D eigenvalue weighted by Crippen LogP contribution is -2.36. The first-order chi connectivity index (χ1) is 8.49. The van der Waals surface area contributed by atoms with Crippen molar-refractivity contribution in [3.8, 4) is 0 Å². The van der Waals surface area contributed by atoms with Crippen molar-refractivity contribution < 1.29 is 28.6 Å². The molecule has 0 spiro atoms. The molecule has 0 saturated carbocycles. The SMILES string of the molecule is CCOC(=O)N[C@@H](C)COC(=O)/C=C/C(=O)OC. The van der Waals surface area contributed by atoms with Gasteiger partial charge in [-0.3, -0.25) is 0 Å². The Labute approximate surface area is 105 Å². The van der Waals surface area contributed by atoms with Crippen LogP contribution in [-0.2, 0) is 23.8 Å². The first kappa shape index (κ1) is 16.0. The Morgan fingerprint density at radius 3 is 2.33 bits per heavy atom. The lowest BCUT2D eigenvalue weighted by molar-refractivity contribution is -0.139. The van der Waals surface area contributed by atoms with Crippen molar-refractivity contribution in [2.24, 2.45) is 0 Å². The Bertz CT molecular complexity index is 325. The summed E-state index contributed by atoms with van der Waals surface area (Å²) in [5, 5.41) is 2.46. The zero-order valence-corrected chi connectivity index (χ0v) is 10.6. The van der Waals surface area contributed by atoms with Crippen molar-refractivity contribution in [1.29, 1.82) is 0 Å². The van der Waals surface area contributed by atoms with E-state index >= 15 is 0 Å². The van der Waals surface area contributed by atoms with E-state index in [2.05, 4.69) is 14.8 Å². The number of alkyl carbamates (subject to hydrolysis) is 1. The van der Waals surface area contributed by atoms with Crippen LogP contribution >= 0.6 is 0 Å². The Hall–Kier alpha value is -2.05. The van der Waals surface area contributed by atoms with Crippen LogP contribution in [0.5, 0.6) is 0 Å². The summed E-state index contributed by atoms with van der Waals surface area (Å²) in [7, 11) is 1.20. The van der Waals surface area contributed by atoms with E-state index in [9.17, 15) is 14.4 Å². The van der Waals surface area contributed by atoms with E-state index in [-0.39, 0.29) is 19.3 Å². The number of nitrogens with one attached hydrogen (secondary N) is 1. The second-order valence-electron chi connectivity index (χ2n) is 3.25. The minimum absolute atomic E-state index is 0.0246. The fraction of sp³-hybridized carbons (Fsp3) is 0.545. The number of carbonyl (C=O) groups is 3. The quantitative estimate of drug-likeness (QED) is 0.421. The highest BCUT2D eigenvalue weighted by molar-refractivity contribution is 5.91. The molecule has 1 amide bonds. The molecule has 7 heteroatoms. The fourth-order valence-corrected chi connectivity index (χ4v) is 0.875. The zero-order chi connectivity index (χ0) is 14.0. The van der Waals surface area contributed by atoms with E-state index in [1.807, 2.05) is 0 Å². The Morgan fingerprint density at radius 2 is 1.78 bits per heavy atom. The molecular weight excluding hydrogens is 242 g/mol. The molecule has 0 aliphatic carbocycles. The predicted molar refractivity (Wildman–Crippen MR) is 61.7 cm³/mol. The maximum atomic E-state index is 11.1. The third-order valence-electron chi connectivity index (χ3n) is 1.67. The molecule has 0 heterocycles. The first-order valence-electron chi connectivity index (χ1n) is 5.35. The van der Waals surface area contributed by atoms with Gasteiger partial charge < -0.3 is 19.5 Å². The van der Waals surface area contributed by atoms with Crippen LogP contribution in [0.2, 0.25) is 0 Å². The van der Waals surface area contributed by atoms with E-state index in [1.54, 1.807) is 13.8 Å². The summed E-state index contributed by atoms with van der Waals surface area (Å²) in [4.78, 5) is 32.8. The molecule has 0 aliphatic rings.